The van der Waals surface area contributed by atoms with E-state index in [0.717, 1.165) is 12.8 Å². The van der Waals surface area contributed by atoms with Gasteiger partial charge in [-0.1, -0.05) is 25.3 Å². The number of rotatable bonds is 2. The topological polar surface area (TPSA) is 56.7 Å². The monoisotopic (exact) mass is 260 g/mol. The molecule has 1 aromatic carbocycles. The van der Waals surface area contributed by atoms with Gasteiger partial charge in [0.2, 0.25) is 0 Å². The lowest BCUT2D eigenvalue weighted by Gasteiger charge is -2.24. The smallest absolute Gasteiger partial charge is 0.169 e. The van der Waals surface area contributed by atoms with Gasteiger partial charge in [0.15, 0.2) is 5.82 Å². The average molecular weight is 260 g/mol. The standard InChI is InChI=1S/C14H17FN4/c15-11-7-4-8-12(16)13(11)14-18-17-9-19(14)10-5-2-1-3-6-10/h4,7-10H,1-3,5-6,16H2. The summed E-state index contributed by atoms with van der Waals surface area (Å²) in [4.78, 5) is 0. The summed E-state index contributed by atoms with van der Waals surface area (Å²) in [6.45, 7) is 0. The van der Waals surface area contributed by atoms with Crippen LogP contribution in [0, 0.1) is 5.82 Å². The Kier molecular flexibility index (Phi) is 3.19. The van der Waals surface area contributed by atoms with Gasteiger partial charge in [-0.25, -0.2) is 4.39 Å². The summed E-state index contributed by atoms with van der Waals surface area (Å²) in [5.41, 5.74) is 6.66. The van der Waals surface area contributed by atoms with E-state index in [9.17, 15) is 4.39 Å². The minimum Gasteiger partial charge on any atom is -0.398 e. The number of nitrogens with two attached hydrogens (primary N) is 1. The highest BCUT2D eigenvalue weighted by Gasteiger charge is 2.22. The zero-order valence-electron chi connectivity index (χ0n) is 10.7. The SMILES string of the molecule is Nc1cccc(F)c1-c1nncn1C1CCCCC1. The van der Waals surface area contributed by atoms with Crippen LogP contribution in [-0.2, 0) is 0 Å². The lowest BCUT2D eigenvalue weighted by atomic mass is 9.95. The first-order valence-corrected chi connectivity index (χ1v) is 6.71. The van der Waals surface area contributed by atoms with E-state index in [4.69, 9.17) is 5.73 Å². The molecular weight excluding hydrogens is 243 g/mol. The van der Waals surface area contributed by atoms with Gasteiger partial charge in [0.1, 0.15) is 12.1 Å². The summed E-state index contributed by atoms with van der Waals surface area (Å²) in [7, 11) is 0. The van der Waals surface area contributed by atoms with E-state index in [1.54, 1.807) is 18.5 Å². The number of benzene rings is 1. The molecule has 0 amide bonds. The van der Waals surface area contributed by atoms with Crippen LogP contribution in [-0.4, -0.2) is 14.8 Å². The zero-order valence-corrected chi connectivity index (χ0v) is 10.7. The summed E-state index contributed by atoms with van der Waals surface area (Å²) < 4.78 is 16.0. The van der Waals surface area contributed by atoms with Gasteiger partial charge in [-0.2, -0.15) is 0 Å². The predicted molar refractivity (Wildman–Crippen MR) is 72.0 cm³/mol. The van der Waals surface area contributed by atoms with Crippen molar-refractivity contribution in [1.29, 1.82) is 0 Å². The van der Waals surface area contributed by atoms with E-state index in [0.29, 0.717) is 23.1 Å². The van der Waals surface area contributed by atoms with E-state index in [2.05, 4.69) is 10.2 Å². The molecule has 2 N–H and O–H groups in total. The molecule has 1 fully saturated rings. The molecule has 0 spiro atoms. The fourth-order valence-electron chi connectivity index (χ4n) is 2.82. The van der Waals surface area contributed by atoms with Crippen LogP contribution < -0.4 is 5.73 Å². The van der Waals surface area contributed by atoms with Crippen LogP contribution in [0.15, 0.2) is 24.5 Å². The van der Waals surface area contributed by atoms with Crippen LogP contribution in [0.25, 0.3) is 11.4 Å². The molecule has 19 heavy (non-hydrogen) atoms. The second-order valence-electron chi connectivity index (χ2n) is 5.06. The number of hydrogen-bond acceptors (Lipinski definition) is 3. The Balaban J connectivity index is 2.04. The number of nitrogen functional groups attached to an aromatic ring is 1. The fourth-order valence-corrected chi connectivity index (χ4v) is 2.82. The molecule has 0 atom stereocenters. The Morgan fingerprint density at radius 1 is 1.21 bits per heavy atom. The van der Waals surface area contributed by atoms with Crippen molar-refractivity contribution in [3.8, 4) is 11.4 Å². The lowest BCUT2D eigenvalue weighted by Crippen LogP contribution is -2.14. The minimum absolute atomic E-state index is 0.343. The molecule has 1 aliphatic rings. The van der Waals surface area contributed by atoms with Crippen molar-refractivity contribution in [1.82, 2.24) is 14.8 Å². The first-order valence-electron chi connectivity index (χ1n) is 6.71. The van der Waals surface area contributed by atoms with Crippen LogP contribution in [0.4, 0.5) is 10.1 Å². The Morgan fingerprint density at radius 3 is 2.74 bits per heavy atom. The van der Waals surface area contributed by atoms with Crippen LogP contribution in [0.3, 0.4) is 0 Å². The molecule has 0 radical (unpaired) electrons. The molecule has 4 nitrogen and oxygen atoms in total. The van der Waals surface area contributed by atoms with E-state index in [1.165, 1.54) is 25.3 Å². The number of anilines is 1. The molecule has 0 unspecified atom stereocenters. The maximum absolute atomic E-state index is 14.0. The minimum atomic E-state index is -0.343. The Hall–Kier alpha value is -1.91. The largest absolute Gasteiger partial charge is 0.398 e. The summed E-state index contributed by atoms with van der Waals surface area (Å²) in [6.07, 6.45) is 7.57. The summed E-state index contributed by atoms with van der Waals surface area (Å²) >= 11 is 0. The first kappa shape index (κ1) is 12.1. The maximum atomic E-state index is 14.0. The molecule has 3 rings (SSSR count). The maximum Gasteiger partial charge on any atom is 0.169 e. The van der Waals surface area contributed by atoms with Crippen molar-refractivity contribution >= 4 is 5.69 Å². The Bertz CT molecular complexity index is 552. The van der Waals surface area contributed by atoms with Gasteiger partial charge in [-0.15, -0.1) is 10.2 Å². The van der Waals surface area contributed by atoms with Crippen LogP contribution in [0.5, 0.6) is 0 Å². The van der Waals surface area contributed by atoms with E-state index >= 15 is 0 Å². The molecule has 2 aromatic rings. The van der Waals surface area contributed by atoms with Crippen molar-refractivity contribution < 1.29 is 4.39 Å². The molecule has 1 heterocycles. The molecule has 1 aliphatic carbocycles. The van der Waals surface area contributed by atoms with Gasteiger partial charge < -0.3 is 10.3 Å². The van der Waals surface area contributed by atoms with Gasteiger partial charge in [-0.05, 0) is 25.0 Å². The fraction of sp³-hybridized carbons (Fsp3) is 0.429. The van der Waals surface area contributed by atoms with Gasteiger partial charge in [0, 0.05) is 11.7 Å². The number of nitrogens with zero attached hydrogens (tertiary/aromatic N) is 3. The van der Waals surface area contributed by atoms with Gasteiger partial charge in [-0.3, -0.25) is 0 Å². The molecule has 0 bridgehead atoms. The zero-order chi connectivity index (χ0) is 13.2. The number of hydrogen-bond donors (Lipinski definition) is 1. The van der Waals surface area contributed by atoms with Gasteiger partial charge in [0.05, 0.1) is 5.56 Å². The highest BCUT2D eigenvalue weighted by Crippen LogP contribution is 2.34. The normalized spacial score (nSPS) is 16.7. The summed E-state index contributed by atoms with van der Waals surface area (Å²) in [5, 5.41) is 8.02. The van der Waals surface area contributed by atoms with Crippen molar-refractivity contribution in [3.05, 3.63) is 30.3 Å². The molecule has 0 saturated heterocycles. The second kappa shape index (κ2) is 4.99. The van der Waals surface area contributed by atoms with Gasteiger partial charge in [0.25, 0.3) is 0 Å². The molecule has 1 saturated carbocycles. The van der Waals surface area contributed by atoms with Crippen molar-refractivity contribution in [2.75, 3.05) is 5.73 Å². The third-order valence-corrected chi connectivity index (χ3v) is 3.81. The molecule has 0 aliphatic heterocycles. The van der Waals surface area contributed by atoms with Crippen molar-refractivity contribution in [2.45, 2.75) is 38.1 Å². The molecule has 1 aromatic heterocycles. The Labute approximate surface area is 111 Å². The third kappa shape index (κ3) is 2.20. The van der Waals surface area contributed by atoms with E-state index in [-0.39, 0.29) is 5.82 Å². The summed E-state index contributed by atoms with van der Waals surface area (Å²) in [5.74, 6) is 0.201. The quantitative estimate of drug-likeness (QED) is 0.844. The highest BCUT2D eigenvalue weighted by atomic mass is 19.1. The van der Waals surface area contributed by atoms with Crippen LogP contribution in [0.2, 0.25) is 0 Å². The van der Waals surface area contributed by atoms with Gasteiger partial charge >= 0.3 is 0 Å². The second-order valence-corrected chi connectivity index (χ2v) is 5.06. The number of aromatic nitrogens is 3. The predicted octanol–water partition coefficient (Wildman–Crippen LogP) is 3.17. The van der Waals surface area contributed by atoms with Crippen LogP contribution >= 0.6 is 0 Å². The highest BCUT2D eigenvalue weighted by molar-refractivity contribution is 5.72. The third-order valence-electron chi connectivity index (χ3n) is 3.81. The average Bonchev–Trinajstić information content (AvgIpc) is 2.89. The van der Waals surface area contributed by atoms with Crippen molar-refractivity contribution in [3.63, 3.8) is 0 Å². The van der Waals surface area contributed by atoms with E-state index in [1.807, 2.05) is 4.57 Å². The number of halogens is 1. The van der Waals surface area contributed by atoms with Crippen LogP contribution in [0.1, 0.15) is 38.1 Å². The van der Waals surface area contributed by atoms with Crippen molar-refractivity contribution in [2.24, 2.45) is 0 Å². The Morgan fingerprint density at radius 2 is 2.00 bits per heavy atom. The molecule has 100 valence electrons. The van der Waals surface area contributed by atoms with E-state index < -0.39 is 0 Å². The first-order chi connectivity index (χ1) is 9.27. The summed E-state index contributed by atoms with van der Waals surface area (Å²) in [6, 6.07) is 5.07. The molecule has 5 heteroatoms. The lowest BCUT2D eigenvalue weighted by molar-refractivity contribution is 0.354. The molecular formula is C14H17FN4.